The van der Waals surface area contributed by atoms with Crippen LogP contribution in [-0.4, -0.2) is 44.2 Å². The van der Waals surface area contributed by atoms with Crippen LogP contribution in [0.15, 0.2) is 30.9 Å². The minimum absolute atomic E-state index is 0.0453. The Morgan fingerprint density at radius 3 is 3.04 bits per heavy atom. The summed E-state index contributed by atoms with van der Waals surface area (Å²) in [7, 11) is 1.92. The fourth-order valence-electron chi connectivity index (χ4n) is 3.10. The summed E-state index contributed by atoms with van der Waals surface area (Å²) in [6.45, 7) is 5.33. The molecule has 4 rings (SSSR count). The maximum absolute atomic E-state index is 5.96. The highest BCUT2D eigenvalue weighted by Crippen LogP contribution is 2.30. The molecule has 1 aliphatic heterocycles. The van der Waals surface area contributed by atoms with E-state index in [9.17, 15) is 0 Å². The average molecular weight is 312 g/mol. The highest BCUT2D eigenvalue weighted by molar-refractivity contribution is 5.89. The summed E-state index contributed by atoms with van der Waals surface area (Å²) in [6.07, 6.45) is 7.75. The SMILES string of the molecule is CCn1cc([C@H]2CN(c3ccnc4c3cnn4C)CCO2)cn1. The van der Waals surface area contributed by atoms with E-state index in [1.54, 1.807) is 0 Å². The van der Waals surface area contributed by atoms with Gasteiger partial charge in [-0.05, 0) is 13.0 Å². The lowest BCUT2D eigenvalue weighted by molar-refractivity contribution is 0.0398. The summed E-state index contributed by atoms with van der Waals surface area (Å²) in [4.78, 5) is 6.77. The molecule has 4 heterocycles. The third kappa shape index (κ3) is 2.46. The van der Waals surface area contributed by atoms with Crippen molar-refractivity contribution < 1.29 is 4.74 Å². The van der Waals surface area contributed by atoms with E-state index < -0.39 is 0 Å². The predicted octanol–water partition coefficient (Wildman–Crippen LogP) is 1.76. The standard InChI is InChI=1S/C16H20N6O/c1-3-22-10-12(8-19-22)15-11-21(6-7-23-15)14-4-5-17-16-13(14)9-18-20(16)2/h4-5,8-10,15H,3,6-7,11H2,1-2H3/t15-/m1/s1. The van der Waals surface area contributed by atoms with Crippen LogP contribution in [0.2, 0.25) is 0 Å². The number of aromatic nitrogens is 5. The zero-order valence-electron chi connectivity index (χ0n) is 13.4. The zero-order valence-corrected chi connectivity index (χ0v) is 13.4. The Balaban J connectivity index is 1.63. The van der Waals surface area contributed by atoms with Gasteiger partial charge in [-0.25, -0.2) is 4.98 Å². The van der Waals surface area contributed by atoms with Gasteiger partial charge in [0, 0.05) is 44.6 Å². The molecule has 1 atom stereocenters. The Bertz CT molecular complexity index is 823. The van der Waals surface area contributed by atoms with E-state index in [2.05, 4.69) is 39.3 Å². The van der Waals surface area contributed by atoms with Crippen LogP contribution in [0, 0.1) is 0 Å². The number of morpholine rings is 1. The monoisotopic (exact) mass is 312 g/mol. The lowest BCUT2D eigenvalue weighted by Crippen LogP contribution is -2.38. The molecule has 7 heteroatoms. The highest BCUT2D eigenvalue weighted by atomic mass is 16.5. The predicted molar refractivity (Wildman–Crippen MR) is 87.3 cm³/mol. The lowest BCUT2D eigenvalue weighted by atomic mass is 10.1. The molecule has 3 aromatic heterocycles. The van der Waals surface area contributed by atoms with Crippen LogP contribution < -0.4 is 4.90 Å². The maximum atomic E-state index is 5.96. The van der Waals surface area contributed by atoms with E-state index in [0.29, 0.717) is 6.61 Å². The summed E-state index contributed by atoms with van der Waals surface area (Å²) < 4.78 is 9.70. The van der Waals surface area contributed by atoms with Crippen LogP contribution in [0.25, 0.3) is 11.0 Å². The molecule has 0 unspecified atom stereocenters. The summed E-state index contributed by atoms with van der Waals surface area (Å²) in [6, 6.07) is 2.06. The van der Waals surface area contributed by atoms with Crippen molar-refractivity contribution in [3.8, 4) is 0 Å². The number of ether oxygens (including phenoxy) is 1. The second kappa shape index (κ2) is 5.66. The Labute approximate surface area is 134 Å². The number of hydrogen-bond acceptors (Lipinski definition) is 5. The van der Waals surface area contributed by atoms with Gasteiger partial charge in [-0.1, -0.05) is 0 Å². The zero-order chi connectivity index (χ0) is 15.8. The number of anilines is 1. The largest absolute Gasteiger partial charge is 0.370 e. The van der Waals surface area contributed by atoms with Gasteiger partial charge < -0.3 is 9.64 Å². The van der Waals surface area contributed by atoms with Gasteiger partial charge in [0.25, 0.3) is 0 Å². The van der Waals surface area contributed by atoms with Gasteiger partial charge >= 0.3 is 0 Å². The fraction of sp³-hybridized carbons (Fsp3) is 0.438. The molecule has 1 aliphatic rings. The van der Waals surface area contributed by atoms with E-state index in [4.69, 9.17) is 4.74 Å². The van der Waals surface area contributed by atoms with E-state index in [1.807, 2.05) is 35.0 Å². The van der Waals surface area contributed by atoms with Crippen LogP contribution in [0.4, 0.5) is 5.69 Å². The number of rotatable bonds is 3. The summed E-state index contributed by atoms with van der Waals surface area (Å²) >= 11 is 0. The average Bonchev–Trinajstić information content (AvgIpc) is 3.22. The molecule has 0 bridgehead atoms. The lowest BCUT2D eigenvalue weighted by Gasteiger charge is -2.34. The van der Waals surface area contributed by atoms with Crippen molar-refractivity contribution in [2.24, 2.45) is 7.05 Å². The third-order valence-electron chi connectivity index (χ3n) is 4.37. The van der Waals surface area contributed by atoms with Gasteiger partial charge in [-0.2, -0.15) is 10.2 Å². The summed E-state index contributed by atoms with van der Waals surface area (Å²) in [5.41, 5.74) is 3.21. The highest BCUT2D eigenvalue weighted by Gasteiger charge is 2.25. The Morgan fingerprint density at radius 2 is 2.22 bits per heavy atom. The molecule has 0 aromatic carbocycles. The van der Waals surface area contributed by atoms with Gasteiger partial charge in [-0.15, -0.1) is 0 Å². The van der Waals surface area contributed by atoms with Crippen molar-refractivity contribution in [3.05, 3.63) is 36.4 Å². The van der Waals surface area contributed by atoms with E-state index in [0.717, 1.165) is 36.2 Å². The fourth-order valence-corrected chi connectivity index (χ4v) is 3.10. The van der Waals surface area contributed by atoms with Gasteiger partial charge in [0.05, 0.1) is 30.1 Å². The molecule has 0 amide bonds. The molecule has 0 aliphatic carbocycles. The molecule has 1 fully saturated rings. The van der Waals surface area contributed by atoms with Crippen molar-refractivity contribution in [3.63, 3.8) is 0 Å². The first-order valence-corrected chi connectivity index (χ1v) is 7.92. The summed E-state index contributed by atoms with van der Waals surface area (Å²) in [5, 5.41) is 9.76. The maximum Gasteiger partial charge on any atom is 0.159 e. The first kappa shape index (κ1) is 14.2. The second-order valence-corrected chi connectivity index (χ2v) is 5.77. The quantitative estimate of drug-likeness (QED) is 0.737. The molecule has 7 nitrogen and oxygen atoms in total. The first-order valence-electron chi connectivity index (χ1n) is 7.92. The van der Waals surface area contributed by atoms with Gasteiger partial charge in [0.2, 0.25) is 0 Å². The molecule has 0 radical (unpaired) electrons. The van der Waals surface area contributed by atoms with Crippen molar-refractivity contribution in [1.82, 2.24) is 24.5 Å². The number of hydrogen-bond donors (Lipinski definition) is 0. The molecule has 0 saturated carbocycles. The van der Waals surface area contributed by atoms with Crippen molar-refractivity contribution in [2.75, 3.05) is 24.6 Å². The van der Waals surface area contributed by atoms with Crippen molar-refractivity contribution >= 4 is 16.7 Å². The van der Waals surface area contributed by atoms with Gasteiger partial charge in [0.15, 0.2) is 5.65 Å². The van der Waals surface area contributed by atoms with E-state index in [-0.39, 0.29) is 6.10 Å². The molecule has 3 aromatic rings. The van der Waals surface area contributed by atoms with Gasteiger partial charge in [-0.3, -0.25) is 9.36 Å². The topological polar surface area (TPSA) is 61.0 Å². The molecule has 120 valence electrons. The molecule has 1 saturated heterocycles. The van der Waals surface area contributed by atoms with E-state index >= 15 is 0 Å². The second-order valence-electron chi connectivity index (χ2n) is 5.77. The van der Waals surface area contributed by atoms with Gasteiger partial charge in [0.1, 0.15) is 6.10 Å². The van der Waals surface area contributed by atoms with E-state index in [1.165, 1.54) is 5.69 Å². The van der Waals surface area contributed by atoms with Crippen LogP contribution in [0.5, 0.6) is 0 Å². The minimum atomic E-state index is 0.0453. The normalized spacial score (nSPS) is 18.7. The van der Waals surface area contributed by atoms with Crippen molar-refractivity contribution in [1.29, 1.82) is 0 Å². The van der Waals surface area contributed by atoms with Crippen molar-refractivity contribution in [2.45, 2.75) is 19.6 Å². The molecule has 0 N–H and O–H groups in total. The number of aryl methyl sites for hydroxylation is 2. The Hall–Kier alpha value is -2.41. The van der Waals surface area contributed by atoms with Crippen LogP contribution in [0.1, 0.15) is 18.6 Å². The van der Waals surface area contributed by atoms with Crippen LogP contribution >= 0.6 is 0 Å². The minimum Gasteiger partial charge on any atom is -0.370 e. The third-order valence-corrected chi connectivity index (χ3v) is 4.37. The number of nitrogens with zero attached hydrogens (tertiary/aromatic N) is 6. The first-order chi connectivity index (χ1) is 11.3. The van der Waals surface area contributed by atoms with Crippen LogP contribution in [0.3, 0.4) is 0 Å². The Morgan fingerprint density at radius 1 is 1.30 bits per heavy atom. The number of fused-ring (bicyclic) bond motifs is 1. The smallest absolute Gasteiger partial charge is 0.159 e. The van der Waals surface area contributed by atoms with Crippen LogP contribution in [-0.2, 0) is 18.3 Å². The summed E-state index contributed by atoms with van der Waals surface area (Å²) in [5.74, 6) is 0. The molecule has 23 heavy (non-hydrogen) atoms. The molecular weight excluding hydrogens is 292 g/mol. The molecule has 0 spiro atoms. The molecular formula is C16H20N6O. The Kier molecular flexibility index (Phi) is 3.49. The number of pyridine rings is 1.